The quantitative estimate of drug-likeness (QED) is 0.832. The molecule has 1 aromatic heterocycles. The lowest BCUT2D eigenvalue weighted by Crippen LogP contribution is -2.41. The Morgan fingerprint density at radius 1 is 1.56 bits per heavy atom. The number of anilines is 1. The van der Waals surface area contributed by atoms with E-state index in [9.17, 15) is 9.18 Å². The number of nitrogens with zero attached hydrogens (tertiary/aromatic N) is 1. The molecule has 0 radical (unpaired) electrons. The van der Waals surface area contributed by atoms with Crippen LogP contribution in [0.25, 0.3) is 0 Å². The van der Waals surface area contributed by atoms with Crippen molar-refractivity contribution in [1.29, 1.82) is 0 Å². The highest BCUT2D eigenvalue weighted by Crippen LogP contribution is 2.16. The first kappa shape index (κ1) is 12.9. The normalized spacial score (nSPS) is 23.0. The topological polar surface area (TPSA) is 63.2 Å². The summed E-state index contributed by atoms with van der Waals surface area (Å²) in [5, 5.41) is 5.87. The highest BCUT2D eigenvalue weighted by Gasteiger charge is 2.33. The maximum Gasteiger partial charge on any atom is 0.232 e. The van der Waals surface area contributed by atoms with Crippen LogP contribution in [0.3, 0.4) is 0 Å². The van der Waals surface area contributed by atoms with Gasteiger partial charge in [-0.1, -0.05) is 6.92 Å². The number of carbonyl (C=O) groups excluding carboxylic acids is 1. The third kappa shape index (κ3) is 3.02. The average Bonchev–Trinajstić information content (AvgIpc) is 2.81. The van der Waals surface area contributed by atoms with Crippen LogP contribution in [-0.2, 0) is 9.53 Å². The number of halogens is 1. The van der Waals surface area contributed by atoms with Crippen molar-refractivity contribution in [2.24, 2.45) is 5.92 Å². The zero-order chi connectivity index (χ0) is 13.0. The van der Waals surface area contributed by atoms with Crippen molar-refractivity contribution < 1.29 is 13.9 Å². The van der Waals surface area contributed by atoms with Gasteiger partial charge in [0, 0.05) is 6.04 Å². The van der Waals surface area contributed by atoms with E-state index in [1.807, 2.05) is 6.92 Å². The van der Waals surface area contributed by atoms with Gasteiger partial charge in [-0.05, 0) is 18.7 Å². The van der Waals surface area contributed by atoms with E-state index in [4.69, 9.17) is 4.74 Å². The van der Waals surface area contributed by atoms with Crippen LogP contribution < -0.4 is 10.6 Å². The third-order valence-corrected chi connectivity index (χ3v) is 2.86. The van der Waals surface area contributed by atoms with Gasteiger partial charge in [-0.25, -0.2) is 9.37 Å². The van der Waals surface area contributed by atoms with E-state index >= 15 is 0 Å². The molecule has 2 unspecified atom stereocenters. The largest absolute Gasteiger partial charge is 0.379 e. The fraction of sp³-hybridized carbons (Fsp3) is 0.500. The minimum absolute atomic E-state index is 0.0236. The zero-order valence-electron chi connectivity index (χ0n) is 10.1. The minimum atomic E-state index is -0.428. The molecule has 0 saturated carbocycles. The Labute approximate surface area is 105 Å². The molecule has 0 bridgehead atoms. The highest BCUT2D eigenvalue weighted by molar-refractivity contribution is 5.92. The predicted molar refractivity (Wildman–Crippen MR) is 64.6 cm³/mol. The molecule has 1 fully saturated rings. The molecule has 18 heavy (non-hydrogen) atoms. The van der Waals surface area contributed by atoms with Crippen LogP contribution in [0.5, 0.6) is 0 Å². The number of aromatic nitrogens is 1. The lowest BCUT2D eigenvalue weighted by atomic mass is 10.0. The van der Waals surface area contributed by atoms with E-state index in [0.717, 1.165) is 12.7 Å². The number of pyridine rings is 1. The standard InChI is InChI=1S/C12H16FN3O2/c1-2-14-10-7-18-6-9(10)12(17)16-11-4-3-8(13)5-15-11/h3-5,9-10,14H,2,6-7H2,1H3,(H,15,16,17). The summed E-state index contributed by atoms with van der Waals surface area (Å²) >= 11 is 0. The molecule has 0 aromatic carbocycles. The molecule has 2 atom stereocenters. The smallest absolute Gasteiger partial charge is 0.232 e. The van der Waals surface area contributed by atoms with Gasteiger partial charge >= 0.3 is 0 Å². The molecule has 2 rings (SSSR count). The number of carbonyl (C=O) groups is 1. The molecule has 98 valence electrons. The van der Waals surface area contributed by atoms with Crippen LogP contribution in [0.4, 0.5) is 10.2 Å². The van der Waals surface area contributed by atoms with Gasteiger partial charge in [0.1, 0.15) is 11.6 Å². The predicted octanol–water partition coefficient (Wildman–Crippen LogP) is 0.784. The molecule has 5 nitrogen and oxygen atoms in total. The first-order valence-corrected chi connectivity index (χ1v) is 5.94. The molecule has 2 heterocycles. The van der Waals surface area contributed by atoms with Crippen LogP contribution >= 0.6 is 0 Å². The second-order valence-electron chi connectivity index (χ2n) is 4.16. The highest BCUT2D eigenvalue weighted by atomic mass is 19.1. The van der Waals surface area contributed by atoms with Crippen molar-refractivity contribution in [3.63, 3.8) is 0 Å². The van der Waals surface area contributed by atoms with Gasteiger partial charge in [-0.15, -0.1) is 0 Å². The van der Waals surface area contributed by atoms with E-state index in [1.165, 1.54) is 12.1 Å². The molecular formula is C12H16FN3O2. The van der Waals surface area contributed by atoms with Crippen LogP contribution in [0.1, 0.15) is 6.92 Å². The maximum absolute atomic E-state index is 12.7. The lowest BCUT2D eigenvalue weighted by molar-refractivity contribution is -0.120. The maximum atomic E-state index is 12.7. The number of hydrogen-bond donors (Lipinski definition) is 2. The van der Waals surface area contributed by atoms with Crippen molar-refractivity contribution in [2.75, 3.05) is 25.1 Å². The van der Waals surface area contributed by atoms with E-state index < -0.39 is 5.82 Å². The number of ether oxygens (including phenoxy) is 1. The Balaban J connectivity index is 1.96. The van der Waals surface area contributed by atoms with Gasteiger partial charge < -0.3 is 15.4 Å². The van der Waals surface area contributed by atoms with E-state index in [1.54, 1.807) is 0 Å². The molecule has 1 amide bonds. The zero-order valence-corrected chi connectivity index (χ0v) is 10.1. The molecule has 2 N–H and O–H groups in total. The van der Waals surface area contributed by atoms with Crippen LogP contribution in [0.2, 0.25) is 0 Å². The first-order valence-electron chi connectivity index (χ1n) is 5.94. The van der Waals surface area contributed by atoms with Crippen molar-refractivity contribution in [2.45, 2.75) is 13.0 Å². The van der Waals surface area contributed by atoms with E-state index in [2.05, 4.69) is 15.6 Å². The Morgan fingerprint density at radius 3 is 3.06 bits per heavy atom. The second-order valence-corrected chi connectivity index (χ2v) is 4.16. The SMILES string of the molecule is CCNC1COCC1C(=O)Nc1ccc(F)cn1. The van der Waals surface area contributed by atoms with Crippen molar-refractivity contribution in [1.82, 2.24) is 10.3 Å². The number of hydrogen-bond acceptors (Lipinski definition) is 4. The molecule has 1 aliphatic heterocycles. The summed E-state index contributed by atoms with van der Waals surface area (Å²) in [5.74, 6) is -0.472. The fourth-order valence-electron chi connectivity index (χ4n) is 1.94. The van der Waals surface area contributed by atoms with Gasteiger partial charge in [-0.2, -0.15) is 0 Å². The molecule has 1 aromatic rings. The number of rotatable bonds is 4. The molecule has 0 spiro atoms. The van der Waals surface area contributed by atoms with E-state index in [-0.39, 0.29) is 17.9 Å². The van der Waals surface area contributed by atoms with Gasteiger partial charge in [0.2, 0.25) is 5.91 Å². The monoisotopic (exact) mass is 253 g/mol. The average molecular weight is 253 g/mol. The van der Waals surface area contributed by atoms with Crippen molar-refractivity contribution >= 4 is 11.7 Å². The van der Waals surface area contributed by atoms with Crippen LogP contribution in [0.15, 0.2) is 18.3 Å². The van der Waals surface area contributed by atoms with Crippen LogP contribution in [-0.4, -0.2) is 36.7 Å². The summed E-state index contributed by atoms with van der Waals surface area (Å²) in [6.07, 6.45) is 1.07. The van der Waals surface area contributed by atoms with Gasteiger partial charge in [-0.3, -0.25) is 4.79 Å². The fourth-order valence-corrected chi connectivity index (χ4v) is 1.94. The van der Waals surface area contributed by atoms with Crippen molar-refractivity contribution in [3.8, 4) is 0 Å². The first-order chi connectivity index (χ1) is 8.70. The van der Waals surface area contributed by atoms with Gasteiger partial charge in [0.25, 0.3) is 0 Å². The minimum Gasteiger partial charge on any atom is -0.379 e. The summed E-state index contributed by atoms with van der Waals surface area (Å²) in [5.41, 5.74) is 0. The number of nitrogens with one attached hydrogen (secondary N) is 2. The third-order valence-electron chi connectivity index (χ3n) is 2.86. The summed E-state index contributed by atoms with van der Waals surface area (Å²) in [6.45, 7) is 3.69. The molecule has 1 aliphatic rings. The Bertz CT molecular complexity index is 410. The number of amides is 1. The Morgan fingerprint density at radius 2 is 2.39 bits per heavy atom. The summed E-state index contributed by atoms with van der Waals surface area (Å²) < 4.78 is 18.0. The Kier molecular flexibility index (Phi) is 4.22. The molecule has 0 aliphatic carbocycles. The summed E-state index contributed by atoms with van der Waals surface area (Å²) in [4.78, 5) is 15.8. The lowest BCUT2D eigenvalue weighted by Gasteiger charge is -2.17. The molecular weight excluding hydrogens is 237 g/mol. The van der Waals surface area contributed by atoms with Crippen molar-refractivity contribution in [3.05, 3.63) is 24.1 Å². The van der Waals surface area contributed by atoms with Crippen LogP contribution in [0, 0.1) is 11.7 Å². The van der Waals surface area contributed by atoms with Gasteiger partial charge in [0.05, 0.1) is 25.3 Å². The Hall–Kier alpha value is -1.53. The summed E-state index contributed by atoms with van der Waals surface area (Å²) in [6, 6.07) is 2.72. The molecule has 1 saturated heterocycles. The van der Waals surface area contributed by atoms with E-state index in [0.29, 0.717) is 19.0 Å². The second kappa shape index (κ2) is 5.88. The number of likely N-dealkylation sites (N-methyl/N-ethyl adjacent to an activating group) is 1. The molecule has 6 heteroatoms. The van der Waals surface area contributed by atoms with Gasteiger partial charge in [0.15, 0.2) is 0 Å². The summed E-state index contributed by atoms with van der Waals surface area (Å²) in [7, 11) is 0.